The van der Waals surface area contributed by atoms with Gasteiger partial charge in [0.05, 0.1) is 11.4 Å². The lowest BCUT2D eigenvalue weighted by molar-refractivity contribution is 0.103. The molecule has 0 saturated heterocycles. The van der Waals surface area contributed by atoms with Gasteiger partial charge in [-0.15, -0.1) is 0 Å². The topological polar surface area (TPSA) is 55.1 Å². The summed E-state index contributed by atoms with van der Waals surface area (Å²) in [7, 11) is 0. The van der Waals surface area contributed by atoms with Crippen LogP contribution in [0.3, 0.4) is 0 Å². The molecule has 0 spiro atoms. The predicted octanol–water partition coefficient (Wildman–Crippen LogP) is 4.34. The molecule has 1 aliphatic carbocycles. The van der Waals surface area contributed by atoms with E-state index in [9.17, 15) is 4.79 Å². The molecular weight excluding hydrogens is 296 g/mol. The number of hydrogen-bond donors (Lipinski definition) is 2. The van der Waals surface area contributed by atoms with E-state index in [-0.39, 0.29) is 5.78 Å². The van der Waals surface area contributed by atoms with Crippen LogP contribution in [0.5, 0.6) is 0 Å². The van der Waals surface area contributed by atoms with E-state index in [2.05, 4.69) is 5.32 Å². The van der Waals surface area contributed by atoms with E-state index in [0.29, 0.717) is 5.69 Å². The number of nitrogens with one attached hydrogen (secondary N) is 1. The summed E-state index contributed by atoms with van der Waals surface area (Å²) in [6.45, 7) is 0. The number of hydrogen-bond acceptors (Lipinski definition) is 3. The molecule has 3 aromatic carbocycles. The fourth-order valence-corrected chi connectivity index (χ4v) is 3.31. The molecule has 3 N–H and O–H groups in total. The van der Waals surface area contributed by atoms with Crippen LogP contribution in [0.4, 0.5) is 17.1 Å². The quantitative estimate of drug-likeness (QED) is 0.692. The van der Waals surface area contributed by atoms with Crippen molar-refractivity contribution in [2.45, 2.75) is 12.8 Å². The van der Waals surface area contributed by atoms with Crippen molar-refractivity contribution in [1.82, 2.24) is 0 Å². The zero-order valence-electron chi connectivity index (χ0n) is 13.3. The zero-order chi connectivity index (χ0) is 16.5. The monoisotopic (exact) mass is 314 g/mol. The van der Waals surface area contributed by atoms with Crippen molar-refractivity contribution in [3.8, 4) is 0 Å². The maximum atomic E-state index is 12.9. The summed E-state index contributed by atoms with van der Waals surface area (Å²) in [4.78, 5) is 12.9. The molecule has 0 amide bonds. The lowest BCUT2D eigenvalue weighted by atomic mass is 9.98. The molecule has 3 nitrogen and oxygen atoms in total. The highest BCUT2D eigenvalue weighted by Crippen LogP contribution is 2.32. The van der Waals surface area contributed by atoms with Crippen molar-refractivity contribution in [2.75, 3.05) is 11.1 Å². The molecular formula is C21H18N2O. The molecule has 4 rings (SSSR count). The highest BCUT2D eigenvalue weighted by molar-refractivity contribution is 6.12. The number of ketones is 1. The first-order valence-electron chi connectivity index (χ1n) is 8.10. The van der Waals surface area contributed by atoms with Crippen molar-refractivity contribution < 1.29 is 4.79 Å². The summed E-state index contributed by atoms with van der Waals surface area (Å²) in [6.07, 6.45) is 1.69. The third kappa shape index (κ3) is 2.44. The first kappa shape index (κ1) is 14.5. The number of anilines is 3. The molecule has 0 saturated carbocycles. The van der Waals surface area contributed by atoms with Gasteiger partial charge in [-0.2, -0.15) is 0 Å². The van der Waals surface area contributed by atoms with Crippen molar-refractivity contribution in [3.05, 3.63) is 89.0 Å². The number of carbonyl (C=O) groups is 1. The highest BCUT2D eigenvalue weighted by Gasteiger charge is 2.22. The molecule has 0 unspecified atom stereocenters. The molecule has 3 heteroatoms. The Morgan fingerprint density at radius 3 is 2.33 bits per heavy atom. The molecule has 1 aliphatic rings. The number of para-hydroxylation sites is 2. The number of nitrogens with two attached hydrogens (primary N) is 1. The van der Waals surface area contributed by atoms with Crippen LogP contribution in [-0.2, 0) is 12.8 Å². The Bertz CT molecular complexity index is 931. The van der Waals surface area contributed by atoms with Gasteiger partial charge in [0.2, 0.25) is 0 Å². The van der Waals surface area contributed by atoms with Crippen molar-refractivity contribution in [1.29, 1.82) is 0 Å². The number of rotatable bonds is 2. The van der Waals surface area contributed by atoms with Gasteiger partial charge in [-0.3, -0.25) is 4.79 Å². The minimum Gasteiger partial charge on any atom is -0.397 e. The fourth-order valence-electron chi connectivity index (χ4n) is 3.31. The van der Waals surface area contributed by atoms with E-state index in [4.69, 9.17) is 5.73 Å². The summed E-state index contributed by atoms with van der Waals surface area (Å²) >= 11 is 0. The molecule has 0 aromatic heterocycles. The summed E-state index contributed by atoms with van der Waals surface area (Å²) < 4.78 is 0. The zero-order valence-corrected chi connectivity index (χ0v) is 13.3. The van der Waals surface area contributed by atoms with Crippen LogP contribution < -0.4 is 11.1 Å². The fraction of sp³-hybridized carbons (Fsp3) is 0.0952. The maximum absolute atomic E-state index is 12.9. The molecule has 0 radical (unpaired) electrons. The Hall–Kier alpha value is -3.07. The summed E-state index contributed by atoms with van der Waals surface area (Å²) in [6, 6.07) is 21.4. The number of fused-ring (bicyclic) bond motifs is 2. The number of benzene rings is 3. The molecule has 0 bridgehead atoms. The lowest BCUT2D eigenvalue weighted by Gasteiger charge is -2.15. The molecule has 3 aromatic rings. The molecule has 0 aliphatic heterocycles. The highest BCUT2D eigenvalue weighted by atomic mass is 16.1. The van der Waals surface area contributed by atoms with E-state index in [1.54, 1.807) is 0 Å². The average Bonchev–Trinajstić information content (AvgIpc) is 2.75. The van der Waals surface area contributed by atoms with Crippen molar-refractivity contribution >= 4 is 22.8 Å². The Morgan fingerprint density at radius 2 is 1.46 bits per heavy atom. The Labute approximate surface area is 141 Å². The van der Waals surface area contributed by atoms with E-state index >= 15 is 0 Å². The molecule has 118 valence electrons. The van der Waals surface area contributed by atoms with E-state index in [0.717, 1.165) is 46.5 Å². The van der Waals surface area contributed by atoms with Gasteiger partial charge in [0.1, 0.15) is 0 Å². The Kier molecular flexibility index (Phi) is 3.54. The Balaban J connectivity index is 1.79. The molecule has 0 fully saturated rings. The SMILES string of the molecule is Nc1ccccc1Nc1cccc2c1CCc1ccccc1C2=O. The summed E-state index contributed by atoms with van der Waals surface area (Å²) in [5, 5.41) is 3.40. The van der Waals surface area contributed by atoms with Gasteiger partial charge in [0, 0.05) is 16.8 Å². The number of aryl methyl sites for hydroxylation is 1. The van der Waals surface area contributed by atoms with Gasteiger partial charge < -0.3 is 11.1 Å². The Morgan fingerprint density at radius 1 is 0.750 bits per heavy atom. The first-order valence-corrected chi connectivity index (χ1v) is 8.10. The molecule has 0 atom stereocenters. The van der Waals surface area contributed by atoms with Crippen LogP contribution in [0.1, 0.15) is 27.0 Å². The van der Waals surface area contributed by atoms with Crippen LogP contribution in [0.25, 0.3) is 0 Å². The number of carbonyl (C=O) groups excluding carboxylic acids is 1. The second kappa shape index (κ2) is 5.85. The van der Waals surface area contributed by atoms with Crippen molar-refractivity contribution in [3.63, 3.8) is 0 Å². The standard InChI is InChI=1S/C21H18N2O/c22-18-9-3-4-10-20(18)23-19-11-5-8-17-16(19)13-12-14-6-1-2-7-15(14)21(17)24/h1-11,23H,12-13,22H2. The lowest BCUT2D eigenvalue weighted by Crippen LogP contribution is -2.06. The third-order valence-electron chi connectivity index (χ3n) is 4.56. The minimum atomic E-state index is 0.0998. The van der Waals surface area contributed by atoms with Crippen LogP contribution in [0.2, 0.25) is 0 Å². The van der Waals surface area contributed by atoms with E-state index < -0.39 is 0 Å². The predicted molar refractivity (Wildman–Crippen MR) is 97.9 cm³/mol. The molecule has 0 heterocycles. The van der Waals surface area contributed by atoms with Gasteiger partial charge in [0.15, 0.2) is 5.78 Å². The summed E-state index contributed by atoms with van der Waals surface area (Å²) in [5.74, 6) is 0.0998. The van der Waals surface area contributed by atoms with Gasteiger partial charge >= 0.3 is 0 Å². The van der Waals surface area contributed by atoms with Gasteiger partial charge in [-0.25, -0.2) is 0 Å². The van der Waals surface area contributed by atoms with E-state index in [1.165, 1.54) is 0 Å². The second-order valence-corrected chi connectivity index (χ2v) is 6.03. The second-order valence-electron chi connectivity index (χ2n) is 6.03. The van der Waals surface area contributed by atoms with Gasteiger partial charge in [-0.1, -0.05) is 48.5 Å². The number of nitrogen functional groups attached to an aromatic ring is 1. The van der Waals surface area contributed by atoms with Crippen molar-refractivity contribution in [2.24, 2.45) is 0 Å². The first-order chi connectivity index (χ1) is 11.7. The maximum Gasteiger partial charge on any atom is 0.193 e. The summed E-state index contributed by atoms with van der Waals surface area (Å²) in [5.41, 5.74) is 12.3. The van der Waals surface area contributed by atoms with Crippen LogP contribution >= 0.6 is 0 Å². The van der Waals surface area contributed by atoms with Crippen LogP contribution in [0, 0.1) is 0 Å². The van der Waals surface area contributed by atoms with Crippen LogP contribution in [-0.4, -0.2) is 5.78 Å². The van der Waals surface area contributed by atoms with Gasteiger partial charge in [-0.05, 0) is 42.2 Å². The third-order valence-corrected chi connectivity index (χ3v) is 4.56. The minimum absolute atomic E-state index is 0.0998. The van der Waals surface area contributed by atoms with E-state index in [1.807, 2.05) is 66.7 Å². The smallest absolute Gasteiger partial charge is 0.193 e. The largest absolute Gasteiger partial charge is 0.397 e. The van der Waals surface area contributed by atoms with Gasteiger partial charge in [0.25, 0.3) is 0 Å². The van der Waals surface area contributed by atoms with Crippen LogP contribution in [0.15, 0.2) is 66.7 Å². The molecule has 24 heavy (non-hydrogen) atoms. The average molecular weight is 314 g/mol. The normalized spacial score (nSPS) is 12.9.